The van der Waals surface area contributed by atoms with Crippen LogP contribution in [-0.4, -0.2) is 28.6 Å². The van der Waals surface area contributed by atoms with E-state index in [9.17, 15) is 18.8 Å². The summed E-state index contributed by atoms with van der Waals surface area (Å²) in [5.41, 5.74) is -0.766. The second kappa shape index (κ2) is 7.64. The minimum Gasteiger partial charge on any atom is -0.492 e. The van der Waals surface area contributed by atoms with Gasteiger partial charge in [0, 0.05) is 6.07 Å². The minimum atomic E-state index is -0.653. The number of hydrogen-bond donors (Lipinski definition) is 2. The SMILES string of the molecule is O=C(Cn1c(=O)[nH]c2ccccc2c1=O)NCCOc1cccc(F)c1. The first-order chi connectivity index (χ1) is 12.5. The Bertz CT molecular complexity index is 1060. The van der Waals surface area contributed by atoms with E-state index in [2.05, 4.69) is 10.3 Å². The molecule has 3 aromatic rings. The predicted octanol–water partition coefficient (Wildman–Crippen LogP) is 1.02. The fraction of sp³-hybridized carbons (Fsp3) is 0.167. The Morgan fingerprint density at radius 2 is 1.96 bits per heavy atom. The highest BCUT2D eigenvalue weighted by atomic mass is 19.1. The summed E-state index contributed by atoms with van der Waals surface area (Å²) in [5, 5.41) is 2.88. The molecule has 1 heterocycles. The number of rotatable bonds is 6. The second-order valence-electron chi connectivity index (χ2n) is 5.52. The number of aromatic amines is 1. The molecule has 26 heavy (non-hydrogen) atoms. The number of carbonyl (C=O) groups excluding carboxylic acids is 1. The van der Waals surface area contributed by atoms with E-state index in [4.69, 9.17) is 4.74 Å². The van der Waals surface area contributed by atoms with Crippen LogP contribution in [0.3, 0.4) is 0 Å². The molecule has 7 nitrogen and oxygen atoms in total. The molecule has 0 aliphatic heterocycles. The number of nitrogens with one attached hydrogen (secondary N) is 2. The Kier molecular flexibility index (Phi) is 5.12. The number of aromatic nitrogens is 2. The van der Waals surface area contributed by atoms with Crippen LogP contribution in [-0.2, 0) is 11.3 Å². The van der Waals surface area contributed by atoms with Gasteiger partial charge in [-0.1, -0.05) is 18.2 Å². The van der Waals surface area contributed by atoms with Crippen molar-refractivity contribution in [3.63, 3.8) is 0 Å². The lowest BCUT2D eigenvalue weighted by Crippen LogP contribution is -2.41. The number of amides is 1. The van der Waals surface area contributed by atoms with Crippen molar-refractivity contribution in [3.05, 3.63) is 75.2 Å². The lowest BCUT2D eigenvalue weighted by Gasteiger charge is -2.09. The highest BCUT2D eigenvalue weighted by molar-refractivity contribution is 5.78. The molecule has 0 atom stereocenters. The Hall–Kier alpha value is -3.42. The maximum Gasteiger partial charge on any atom is 0.329 e. The number of fused-ring (bicyclic) bond motifs is 1. The van der Waals surface area contributed by atoms with E-state index in [0.29, 0.717) is 16.7 Å². The van der Waals surface area contributed by atoms with Crippen LogP contribution in [0.15, 0.2) is 58.1 Å². The van der Waals surface area contributed by atoms with Gasteiger partial charge in [0.15, 0.2) is 0 Å². The Balaban J connectivity index is 1.59. The van der Waals surface area contributed by atoms with Gasteiger partial charge in [0.25, 0.3) is 5.56 Å². The number of halogens is 1. The van der Waals surface area contributed by atoms with Crippen LogP contribution >= 0.6 is 0 Å². The van der Waals surface area contributed by atoms with Crippen LogP contribution < -0.4 is 21.3 Å². The molecule has 0 unspecified atom stereocenters. The second-order valence-corrected chi connectivity index (χ2v) is 5.52. The summed E-state index contributed by atoms with van der Waals surface area (Å²) in [5.74, 6) is -0.571. The molecule has 0 bridgehead atoms. The van der Waals surface area contributed by atoms with E-state index in [1.807, 2.05) is 0 Å². The summed E-state index contributed by atoms with van der Waals surface area (Å²) >= 11 is 0. The van der Waals surface area contributed by atoms with Gasteiger partial charge >= 0.3 is 5.69 Å². The zero-order valence-corrected chi connectivity index (χ0v) is 13.7. The van der Waals surface area contributed by atoms with E-state index in [1.165, 1.54) is 18.2 Å². The van der Waals surface area contributed by atoms with Crippen molar-refractivity contribution in [2.45, 2.75) is 6.54 Å². The molecule has 0 aliphatic rings. The van der Waals surface area contributed by atoms with Crippen LogP contribution in [0.2, 0.25) is 0 Å². The molecule has 8 heteroatoms. The summed E-state index contributed by atoms with van der Waals surface area (Å²) in [7, 11) is 0. The quantitative estimate of drug-likeness (QED) is 0.644. The third kappa shape index (κ3) is 3.97. The zero-order valence-electron chi connectivity index (χ0n) is 13.7. The molecule has 1 aromatic heterocycles. The lowest BCUT2D eigenvalue weighted by atomic mass is 10.2. The van der Waals surface area contributed by atoms with Crippen molar-refractivity contribution < 1.29 is 13.9 Å². The number of nitrogens with zero attached hydrogens (tertiary/aromatic N) is 1. The fourth-order valence-electron chi connectivity index (χ4n) is 2.46. The van der Waals surface area contributed by atoms with Crippen LogP contribution in [0.5, 0.6) is 5.75 Å². The highest BCUT2D eigenvalue weighted by Gasteiger charge is 2.10. The van der Waals surface area contributed by atoms with Crippen molar-refractivity contribution in [3.8, 4) is 5.75 Å². The minimum absolute atomic E-state index is 0.123. The van der Waals surface area contributed by atoms with E-state index in [0.717, 1.165) is 4.57 Å². The summed E-state index contributed by atoms with van der Waals surface area (Å²) in [6.45, 7) is -0.132. The van der Waals surface area contributed by atoms with Gasteiger partial charge in [-0.3, -0.25) is 14.2 Å². The average Bonchev–Trinajstić information content (AvgIpc) is 2.62. The van der Waals surface area contributed by atoms with Crippen molar-refractivity contribution in [1.82, 2.24) is 14.9 Å². The topological polar surface area (TPSA) is 93.2 Å². The Labute approximate surface area is 147 Å². The van der Waals surface area contributed by atoms with Gasteiger partial charge < -0.3 is 15.0 Å². The van der Waals surface area contributed by atoms with Crippen molar-refractivity contribution in [2.24, 2.45) is 0 Å². The fourth-order valence-corrected chi connectivity index (χ4v) is 2.46. The standard InChI is InChI=1S/C18H16FN3O4/c19-12-4-3-5-13(10-12)26-9-8-20-16(23)11-22-17(24)14-6-1-2-7-15(14)21-18(22)25/h1-7,10H,8-9,11H2,(H,20,23)(H,21,25). The molecule has 2 N–H and O–H groups in total. The van der Waals surface area contributed by atoms with Crippen LogP contribution in [0, 0.1) is 5.82 Å². The van der Waals surface area contributed by atoms with E-state index in [-0.39, 0.29) is 13.2 Å². The molecular formula is C18H16FN3O4. The van der Waals surface area contributed by atoms with Crippen LogP contribution in [0.25, 0.3) is 10.9 Å². The third-order valence-electron chi connectivity index (χ3n) is 3.68. The van der Waals surface area contributed by atoms with Crippen LogP contribution in [0.1, 0.15) is 0 Å². The Morgan fingerprint density at radius 1 is 1.15 bits per heavy atom. The Morgan fingerprint density at radius 3 is 2.77 bits per heavy atom. The van der Waals surface area contributed by atoms with E-state index < -0.39 is 29.5 Å². The van der Waals surface area contributed by atoms with Crippen LogP contribution in [0.4, 0.5) is 4.39 Å². The van der Waals surface area contributed by atoms with Gasteiger partial charge in [-0.25, -0.2) is 9.18 Å². The number of carbonyl (C=O) groups is 1. The third-order valence-corrected chi connectivity index (χ3v) is 3.68. The molecule has 0 fully saturated rings. The number of benzene rings is 2. The van der Waals surface area contributed by atoms with Crippen molar-refractivity contribution in [1.29, 1.82) is 0 Å². The summed E-state index contributed by atoms with van der Waals surface area (Å²) in [4.78, 5) is 38.9. The van der Waals surface area contributed by atoms with Gasteiger partial charge in [-0.05, 0) is 24.3 Å². The largest absolute Gasteiger partial charge is 0.492 e. The van der Waals surface area contributed by atoms with Gasteiger partial charge in [-0.2, -0.15) is 0 Å². The monoisotopic (exact) mass is 357 g/mol. The molecule has 0 saturated carbocycles. The first-order valence-corrected chi connectivity index (χ1v) is 7.91. The normalized spacial score (nSPS) is 10.7. The molecule has 0 radical (unpaired) electrons. The first kappa shape index (κ1) is 17.4. The van der Waals surface area contributed by atoms with Gasteiger partial charge in [0.1, 0.15) is 24.7 Å². The molecule has 2 aromatic carbocycles. The molecule has 1 amide bonds. The molecule has 3 rings (SSSR count). The van der Waals surface area contributed by atoms with Gasteiger partial charge in [0.2, 0.25) is 5.91 Å². The highest BCUT2D eigenvalue weighted by Crippen LogP contribution is 2.11. The summed E-state index contributed by atoms with van der Waals surface area (Å²) in [6, 6.07) is 12.2. The smallest absolute Gasteiger partial charge is 0.329 e. The number of H-pyrrole nitrogens is 1. The molecule has 0 aliphatic carbocycles. The predicted molar refractivity (Wildman–Crippen MR) is 93.7 cm³/mol. The van der Waals surface area contributed by atoms with Crippen molar-refractivity contribution >= 4 is 16.8 Å². The zero-order chi connectivity index (χ0) is 18.5. The van der Waals surface area contributed by atoms with Crippen molar-refractivity contribution in [2.75, 3.05) is 13.2 Å². The maximum absolute atomic E-state index is 13.0. The number of hydrogen-bond acceptors (Lipinski definition) is 4. The lowest BCUT2D eigenvalue weighted by molar-refractivity contribution is -0.121. The van der Waals surface area contributed by atoms with Gasteiger partial charge in [0.05, 0.1) is 17.4 Å². The molecular weight excluding hydrogens is 341 g/mol. The number of ether oxygens (including phenoxy) is 1. The molecule has 0 spiro atoms. The van der Waals surface area contributed by atoms with Gasteiger partial charge in [-0.15, -0.1) is 0 Å². The van der Waals surface area contributed by atoms with E-state index >= 15 is 0 Å². The summed E-state index contributed by atoms with van der Waals surface area (Å²) < 4.78 is 19.2. The van der Waals surface area contributed by atoms with E-state index in [1.54, 1.807) is 30.3 Å². The number of para-hydroxylation sites is 1. The maximum atomic E-state index is 13.0. The molecule has 134 valence electrons. The first-order valence-electron chi connectivity index (χ1n) is 7.91. The molecule has 0 saturated heterocycles. The summed E-state index contributed by atoms with van der Waals surface area (Å²) in [6.07, 6.45) is 0. The average molecular weight is 357 g/mol.